The van der Waals surface area contributed by atoms with Crippen LogP contribution in [0, 0.1) is 6.92 Å². The van der Waals surface area contributed by atoms with Crippen LogP contribution >= 0.6 is 0 Å². The second-order valence-electron chi connectivity index (χ2n) is 7.51. The molecule has 7 nitrogen and oxygen atoms in total. The van der Waals surface area contributed by atoms with Gasteiger partial charge in [0, 0.05) is 12.3 Å². The van der Waals surface area contributed by atoms with E-state index >= 15 is 0 Å². The highest BCUT2D eigenvalue weighted by Crippen LogP contribution is 2.37. The number of aromatic nitrogens is 4. The number of rotatable bonds is 3. The number of hydrogen-bond donors (Lipinski definition) is 1. The summed E-state index contributed by atoms with van der Waals surface area (Å²) < 4.78 is 6.98. The fourth-order valence-electron chi connectivity index (χ4n) is 4.23. The lowest BCUT2D eigenvalue weighted by molar-refractivity contribution is 0.0955. The monoisotopic (exact) mass is 400 g/mol. The van der Waals surface area contributed by atoms with Crippen LogP contribution in [0.4, 0.5) is 0 Å². The Morgan fingerprint density at radius 2 is 1.83 bits per heavy atom. The summed E-state index contributed by atoms with van der Waals surface area (Å²) >= 11 is 0. The number of carbonyl (C=O) groups is 1. The molecule has 0 bridgehead atoms. The van der Waals surface area contributed by atoms with Crippen molar-refractivity contribution in [2.24, 2.45) is 0 Å². The summed E-state index contributed by atoms with van der Waals surface area (Å²) in [6, 6.07) is 14.9. The third-order valence-electron chi connectivity index (χ3n) is 5.70. The van der Waals surface area contributed by atoms with Crippen molar-refractivity contribution in [1.82, 2.24) is 19.8 Å². The molecule has 2 aromatic heterocycles. The zero-order chi connectivity index (χ0) is 20.8. The molecule has 0 unspecified atom stereocenters. The predicted octanol–water partition coefficient (Wildman–Crippen LogP) is 3.73. The average molecular weight is 400 g/mol. The quantitative estimate of drug-likeness (QED) is 0.564. The van der Waals surface area contributed by atoms with Crippen molar-refractivity contribution in [2.45, 2.75) is 25.7 Å². The normalized spacial score (nSPS) is 15.9. The Balaban J connectivity index is 1.65. The summed E-state index contributed by atoms with van der Waals surface area (Å²) in [4.78, 5) is 12.8. The molecule has 1 atom stereocenters. The number of nitrogens with zero attached hydrogens (tertiary/aromatic N) is 4. The van der Waals surface area contributed by atoms with E-state index in [1.807, 2.05) is 43.3 Å². The maximum absolute atomic E-state index is 12.8. The van der Waals surface area contributed by atoms with Crippen LogP contribution < -0.4 is 4.74 Å². The number of fused-ring (bicyclic) bond motifs is 3. The average Bonchev–Trinajstić information content (AvgIpc) is 3.10. The molecular weight excluding hydrogens is 380 g/mol. The van der Waals surface area contributed by atoms with Gasteiger partial charge in [0.1, 0.15) is 11.5 Å². The van der Waals surface area contributed by atoms with Crippen molar-refractivity contribution >= 4 is 11.4 Å². The lowest BCUT2D eigenvalue weighted by atomic mass is 9.83. The molecule has 150 valence electrons. The van der Waals surface area contributed by atoms with Crippen LogP contribution in [0.2, 0.25) is 0 Å². The molecule has 2 aromatic carbocycles. The van der Waals surface area contributed by atoms with E-state index in [4.69, 9.17) is 9.84 Å². The number of benzene rings is 2. The van der Waals surface area contributed by atoms with E-state index in [9.17, 15) is 9.90 Å². The zero-order valence-corrected chi connectivity index (χ0v) is 16.7. The van der Waals surface area contributed by atoms with Crippen LogP contribution in [0.15, 0.2) is 48.5 Å². The second-order valence-corrected chi connectivity index (χ2v) is 7.51. The van der Waals surface area contributed by atoms with Crippen LogP contribution in [0.1, 0.15) is 39.8 Å². The molecule has 7 heteroatoms. The summed E-state index contributed by atoms with van der Waals surface area (Å²) in [5.41, 5.74) is 5.11. The first kappa shape index (κ1) is 18.3. The fraction of sp³-hybridized carbons (Fsp3) is 0.217. The van der Waals surface area contributed by atoms with Gasteiger partial charge in [-0.25, -0.2) is 4.52 Å². The van der Waals surface area contributed by atoms with E-state index < -0.39 is 0 Å². The number of ketones is 1. The molecule has 0 amide bonds. The molecule has 0 fully saturated rings. The Morgan fingerprint density at radius 3 is 2.57 bits per heavy atom. The number of carbonyl (C=O) groups excluding carboxylic acids is 1. The van der Waals surface area contributed by atoms with Crippen LogP contribution in [-0.4, -0.2) is 37.8 Å². The van der Waals surface area contributed by atoms with E-state index in [1.54, 1.807) is 23.8 Å². The van der Waals surface area contributed by atoms with Gasteiger partial charge in [-0.1, -0.05) is 30.3 Å². The van der Waals surface area contributed by atoms with E-state index in [0.29, 0.717) is 17.8 Å². The van der Waals surface area contributed by atoms with Crippen LogP contribution in [0.5, 0.6) is 11.5 Å². The topological polar surface area (TPSA) is 89.6 Å². The Hall–Kier alpha value is -3.74. The second kappa shape index (κ2) is 6.95. The van der Waals surface area contributed by atoms with Crippen LogP contribution in [0.3, 0.4) is 0 Å². The molecule has 4 aromatic rings. The summed E-state index contributed by atoms with van der Waals surface area (Å²) in [6.45, 7) is 1.92. The number of phenols is 1. The van der Waals surface area contributed by atoms with Gasteiger partial charge in [0.05, 0.1) is 24.1 Å². The van der Waals surface area contributed by atoms with Crippen LogP contribution in [-0.2, 0) is 6.42 Å². The first-order valence-corrected chi connectivity index (χ1v) is 9.77. The highest BCUT2D eigenvalue weighted by Gasteiger charge is 2.32. The molecule has 0 aliphatic heterocycles. The van der Waals surface area contributed by atoms with Crippen molar-refractivity contribution in [3.05, 3.63) is 71.2 Å². The number of phenolic OH excluding ortho intramolecular Hbond substituents is 1. The Labute approximate surface area is 173 Å². The molecule has 0 radical (unpaired) electrons. The SMILES string of the molecule is COc1ccc(-c2c(C)nn3c4c(nnc23)C(=O)C[C@H](c2ccccc2O)C4)cc1. The van der Waals surface area contributed by atoms with Gasteiger partial charge in [0.25, 0.3) is 0 Å². The minimum Gasteiger partial charge on any atom is -0.508 e. The van der Waals surface area contributed by atoms with Crippen LogP contribution in [0.25, 0.3) is 16.8 Å². The van der Waals surface area contributed by atoms with E-state index in [1.165, 1.54) is 0 Å². The Bertz CT molecular complexity index is 1280. The van der Waals surface area contributed by atoms with Crippen molar-refractivity contribution in [3.63, 3.8) is 0 Å². The maximum atomic E-state index is 12.8. The summed E-state index contributed by atoms with van der Waals surface area (Å²) in [6.07, 6.45) is 0.837. The molecule has 1 N–H and O–H groups in total. The standard InChI is InChI=1S/C23H20N4O3/c1-13-21(14-7-9-16(30-2)10-8-14)23-25-24-22-18(27(23)26-13)11-15(12-20(22)29)17-5-3-4-6-19(17)28/h3-10,15,28H,11-12H2,1-2H3/t15-/m1/s1. The lowest BCUT2D eigenvalue weighted by Gasteiger charge is -2.23. The van der Waals surface area contributed by atoms with E-state index in [-0.39, 0.29) is 23.9 Å². The first-order valence-electron chi connectivity index (χ1n) is 9.77. The van der Waals surface area contributed by atoms with Gasteiger partial charge in [0.2, 0.25) is 0 Å². The number of methoxy groups -OCH3 is 1. The third-order valence-corrected chi connectivity index (χ3v) is 5.70. The zero-order valence-electron chi connectivity index (χ0n) is 16.7. The van der Waals surface area contributed by atoms with Gasteiger partial charge < -0.3 is 9.84 Å². The van der Waals surface area contributed by atoms with Crippen molar-refractivity contribution in [2.75, 3.05) is 7.11 Å². The largest absolute Gasteiger partial charge is 0.508 e. The number of aromatic hydroxyl groups is 1. The molecule has 2 heterocycles. The summed E-state index contributed by atoms with van der Waals surface area (Å²) in [7, 11) is 1.63. The highest BCUT2D eigenvalue weighted by molar-refractivity contribution is 5.97. The van der Waals surface area contributed by atoms with Gasteiger partial charge in [0.15, 0.2) is 17.1 Å². The van der Waals surface area contributed by atoms with Gasteiger partial charge in [-0.3, -0.25) is 4.79 Å². The Morgan fingerprint density at radius 1 is 1.07 bits per heavy atom. The minimum absolute atomic E-state index is 0.0851. The third kappa shape index (κ3) is 2.82. The number of aryl methyl sites for hydroxylation is 1. The number of ether oxygens (including phenoxy) is 1. The molecule has 30 heavy (non-hydrogen) atoms. The molecule has 5 rings (SSSR count). The van der Waals surface area contributed by atoms with E-state index in [0.717, 1.165) is 33.8 Å². The van der Waals surface area contributed by atoms with E-state index in [2.05, 4.69) is 10.2 Å². The number of Topliss-reactive ketones (excluding diaryl/α,β-unsaturated/α-hetero) is 1. The maximum Gasteiger partial charge on any atom is 0.185 e. The van der Waals surface area contributed by atoms with Gasteiger partial charge >= 0.3 is 0 Å². The smallest absolute Gasteiger partial charge is 0.185 e. The molecule has 1 aliphatic rings. The summed E-state index contributed by atoms with van der Waals surface area (Å²) in [5, 5.41) is 23.6. The van der Waals surface area contributed by atoms with Crippen molar-refractivity contribution in [1.29, 1.82) is 0 Å². The lowest BCUT2D eigenvalue weighted by Crippen LogP contribution is -2.24. The van der Waals surface area contributed by atoms with Gasteiger partial charge in [-0.2, -0.15) is 5.10 Å². The number of hydrogen-bond acceptors (Lipinski definition) is 6. The minimum atomic E-state index is -0.132. The van der Waals surface area contributed by atoms with Gasteiger partial charge in [-0.15, -0.1) is 10.2 Å². The van der Waals surface area contributed by atoms with Crippen molar-refractivity contribution in [3.8, 4) is 22.6 Å². The molecule has 0 spiro atoms. The molecule has 0 saturated carbocycles. The number of para-hydroxylation sites is 1. The molecular formula is C23H20N4O3. The highest BCUT2D eigenvalue weighted by atomic mass is 16.5. The summed E-state index contributed by atoms with van der Waals surface area (Å²) in [5.74, 6) is 0.755. The Kier molecular flexibility index (Phi) is 4.24. The first-order chi connectivity index (χ1) is 14.6. The molecule has 1 aliphatic carbocycles. The predicted molar refractivity (Wildman–Crippen MR) is 111 cm³/mol. The molecule has 0 saturated heterocycles. The van der Waals surface area contributed by atoms with Gasteiger partial charge in [-0.05, 0) is 42.7 Å². The fourth-order valence-corrected chi connectivity index (χ4v) is 4.23. The van der Waals surface area contributed by atoms with Crippen molar-refractivity contribution < 1.29 is 14.6 Å².